The summed E-state index contributed by atoms with van der Waals surface area (Å²) in [4.78, 5) is 2.70. The first kappa shape index (κ1) is 7.10. The second-order valence-corrected chi connectivity index (χ2v) is 3.80. The van der Waals surface area contributed by atoms with Gasteiger partial charge in [0.2, 0.25) is 0 Å². The molecule has 0 aliphatic carbocycles. The Hall–Kier alpha value is -0.0100. The van der Waals surface area contributed by atoms with E-state index in [9.17, 15) is 0 Å². The molecular formula is C7H9ClS. The van der Waals surface area contributed by atoms with Crippen LogP contribution in [0.3, 0.4) is 0 Å². The molecule has 0 bridgehead atoms. The maximum atomic E-state index is 5.65. The van der Waals surface area contributed by atoms with E-state index in [-0.39, 0.29) is 0 Å². The van der Waals surface area contributed by atoms with Crippen LogP contribution >= 0.6 is 22.9 Å². The molecule has 0 N–H and O–H groups in total. The minimum atomic E-state index is 0.649. The third-order valence-electron chi connectivity index (χ3n) is 1.29. The molecule has 0 radical (unpaired) electrons. The van der Waals surface area contributed by atoms with Crippen LogP contribution in [0.5, 0.6) is 0 Å². The first-order chi connectivity index (χ1) is 4.24. The van der Waals surface area contributed by atoms with Crippen LogP contribution in [-0.2, 0) is 5.88 Å². The molecule has 1 aromatic rings. The predicted octanol–water partition coefficient (Wildman–Crippen LogP) is 3.10. The van der Waals surface area contributed by atoms with Gasteiger partial charge in [-0.3, -0.25) is 0 Å². The maximum Gasteiger partial charge on any atom is 0.0485 e. The first-order valence-electron chi connectivity index (χ1n) is 2.86. The largest absolute Gasteiger partial charge is 0.146 e. The smallest absolute Gasteiger partial charge is 0.0485 e. The van der Waals surface area contributed by atoms with Gasteiger partial charge >= 0.3 is 0 Å². The second kappa shape index (κ2) is 2.72. The lowest BCUT2D eigenvalue weighted by molar-refractivity contribution is 1.37. The van der Waals surface area contributed by atoms with Crippen molar-refractivity contribution < 1.29 is 0 Å². The summed E-state index contributed by atoms with van der Waals surface area (Å²) in [7, 11) is 0. The van der Waals surface area contributed by atoms with Crippen molar-refractivity contribution in [1.29, 1.82) is 0 Å². The van der Waals surface area contributed by atoms with Crippen molar-refractivity contribution in [3.8, 4) is 0 Å². The molecular weight excluding hydrogens is 152 g/mol. The highest BCUT2D eigenvalue weighted by molar-refractivity contribution is 7.12. The molecule has 0 spiro atoms. The highest BCUT2D eigenvalue weighted by Gasteiger charge is 1.98. The molecule has 0 aliphatic heterocycles. The molecule has 9 heavy (non-hydrogen) atoms. The Morgan fingerprint density at radius 1 is 1.56 bits per heavy atom. The zero-order chi connectivity index (χ0) is 6.85. The van der Waals surface area contributed by atoms with Crippen molar-refractivity contribution in [1.82, 2.24) is 0 Å². The lowest BCUT2D eigenvalue weighted by Crippen LogP contribution is -1.71. The van der Waals surface area contributed by atoms with Gasteiger partial charge in [-0.15, -0.1) is 22.9 Å². The van der Waals surface area contributed by atoms with Gasteiger partial charge < -0.3 is 0 Å². The van der Waals surface area contributed by atoms with Gasteiger partial charge in [0, 0.05) is 15.6 Å². The third-order valence-corrected chi connectivity index (χ3v) is 2.58. The van der Waals surface area contributed by atoms with Gasteiger partial charge in [-0.05, 0) is 25.5 Å². The van der Waals surface area contributed by atoms with E-state index in [1.807, 2.05) is 11.3 Å². The van der Waals surface area contributed by atoms with Gasteiger partial charge in [0.15, 0.2) is 0 Å². The quantitative estimate of drug-likeness (QED) is 0.554. The van der Waals surface area contributed by atoms with E-state index in [2.05, 4.69) is 19.9 Å². The van der Waals surface area contributed by atoms with Crippen molar-refractivity contribution in [3.05, 3.63) is 21.4 Å². The van der Waals surface area contributed by atoms with Crippen molar-refractivity contribution in [2.24, 2.45) is 0 Å². The Morgan fingerprint density at radius 3 is 2.44 bits per heavy atom. The fourth-order valence-electron chi connectivity index (χ4n) is 0.816. The van der Waals surface area contributed by atoms with Gasteiger partial charge in [0.1, 0.15) is 0 Å². The van der Waals surface area contributed by atoms with Crippen molar-refractivity contribution in [2.45, 2.75) is 19.7 Å². The fourth-order valence-corrected chi connectivity index (χ4v) is 2.12. The summed E-state index contributed by atoms with van der Waals surface area (Å²) in [5.74, 6) is 0.649. The SMILES string of the molecule is Cc1cc(CCl)c(C)s1. The van der Waals surface area contributed by atoms with Crippen molar-refractivity contribution >= 4 is 22.9 Å². The normalized spacial score (nSPS) is 10.1. The predicted molar refractivity (Wildman–Crippen MR) is 43.4 cm³/mol. The van der Waals surface area contributed by atoms with Crippen LogP contribution in [0.4, 0.5) is 0 Å². The molecule has 0 saturated heterocycles. The molecule has 0 atom stereocenters. The van der Waals surface area contributed by atoms with Crippen LogP contribution < -0.4 is 0 Å². The van der Waals surface area contributed by atoms with Crippen LogP contribution in [-0.4, -0.2) is 0 Å². The van der Waals surface area contributed by atoms with Crippen molar-refractivity contribution in [3.63, 3.8) is 0 Å². The van der Waals surface area contributed by atoms with Gasteiger partial charge in [0.25, 0.3) is 0 Å². The van der Waals surface area contributed by atoms with Crippen LogP contribution in [0.25, 0.3) is 0 Å². The summed E-state index contributed by atoms with van der Waals surface area (Å²) in [6, 6.07) is 2.15. The van der Waals surface area contributed by atoms with E-state index < -0.39 is 0 Å². The summed E-state index contributed by atoms with van der Waals surface area (Å²) >= 11 is 7.46. The Balaban J connectivity index is 3.01. The van der Waals surface area contributed by atoms with Crippen LogP contribution in [0.2, 0.25) is 0 Å². The van der Waals surface area contributed by atoms with E-state index in [1.165, 1.54) is 15.3 Å². The number of aryl methyl sites for hydroxylation is 2. The number of thiophene rings is 1. The summed E-state index contributed by atoms with van der Waals surface area (Å²) in [6.45, 7) is 4.21. The van der Waals surface area contributed by atoms with Crippen molar-refractivity contribution in [2.75, 3.05) is 0 Å². The zero-order valence-electron chi connectivity index (χ0n) is 5.57. The monoisotopic (exact) mass is 160 g/mol. The molecule has 0 saturated carbocycles. The van der Waals surface area contributed by atoms with Gasteiger partial charge in [-0.25, -0.2) is 0 Å². The molecule has 2 heteroatoms. The molecule has 0 unspecified atom stereocenters. The number of hydrogen-bond acceptors (Lipinski definition) is 1. The number of hydrogen-bond donors (Lipinski definition) is 0. The Kier molecular flexibility index (Phi) is 2.14. The van der Waals surface area contributed by atoms with Gasteiger partial charge in [-0.2, -0.15) is 0 Å². The highest BCUT2D eigenvalue weighted by atomic mass is 35.5. The Labute approximate surface area is 64.5 Å². The average molecular weight is 161 g/mol. The molecule has 50 valence electrons. The van der Waals surface area contributed by atoms with E-state index in [4.69, 9.17) is 11.6 Å². The average Bonchev–Trinajstić information content (AvgIpc) is 2.10. The second-order valence-electron chi connectivity index (χ2n) is 2.07. The van der Waals surface area contributed by atoms with E-state index in [0.717, 1.165) is 0 Å². The minimum Gasteiger partial charge on any atom is -0.146 e. The molecule has 0 fully saturated rings. The lowest BCUT2D eigenvalue weighted by atomic mass is 10.3. The molecule has 0 aliphatic rings. The number of halogens is 1. The molecule has 1 aromatic heterocycles. The molecule has 0 amide bonds. The number of alkyl halides is 1. The number of rotatable bonds is 1. The van der Waals surface area contributed by atoms with Crippen LogP contribution in [0.15, 0.2) is 6.07 Å². The molecule has 0 nitrogen and oxygen atoms in total. The highest BCUT2D eigenvalue weighted by Crippen LogP contribution is 2.21. The topological polar surface area (TPSA) is 0 Å². The van der Waals surface area contributed by atoms with Crippen LogP contribution in [0.1, 0.15) is 15.3 Å². The van der Waals surface area contributed by atoms with Crippen LogP contribution in [0, 0.1) is 13.8 Å². The minimum absolute atomic E-state index is 0.649. The Morgan fingerprint density at radius 2 is 2.22 bits per heavy atom. The lowest BCUT2D eigenvalue weighted by Gasteiger charge is -1.86. The van der Waals surface area contributed by atoms with E-state index in [1.54, 1.807) is 0 Å². The summed E-state index contributed by atoms with van der Waals surface area (Å²) in [5.41, 5.74) is 1.28. The molecule has 1 rings (SSSR count). The zero-order valence-corrected chi connectivity index (χ0v) is 7.14. The first-order valence-corrected chi connectivity index (χ1v) is 4.21. The molecule has 1 heterocycles. The third kappa shape index (κ3) is 1.46. The summed E-state index contributed by atoms with van der Waals surface area (Å²) < 4.78 is 0. The van der Waals surface area contributed by atoms with Gasteiger partial charge in [0.05, 0.1) is 0 Å². The van der Waals surface area contributed by atoms with E-state index >= 15 is 0 Å². The summed E-state index contributed by atoms with van der Waals surface area (Å²) in [5, 5.41) is 0. The fraction of sp³-hybridized carbons (Fsp3) is 0.429. The standard InChI is InChI=1S/C7H9ClS/c1-5-3-7(4-8)6(2)9-5/h3H,4H2,1-2H3. The Bertz CT molecular complexity index is 203. The molecule has 0 aromatic carbocycles. The maximum absolute atomic E-state index is 5.65. The summed E-state index contributed by atoms with van der Waals surface area (Å²) in [6.07, 6.45) is 0. The van der Waals surface area contributed by atoms with E-state index in [0.29, 0.717) is 5.88 Å². The van der Waals surface area contributed by atoms with Gasteiger partial charge in [-0.1, -0.05) is 0 Å².